The number of amides is 1. The number of carbonyl (C=O) groups is 2. The number of nitrogens with zero attached hydrogens (tertiary/aromatic N) is 1. The molecule has 0 aliphatic carbocycles. The van der Waals surface area contributed by atoms with Crippen molar-refractivity contribution < 1.29 is 23.8 Å². The summed E-state index contributed by atoms with van der Waals surface area (Å²) < 4.78 is 16.3. The van der Waals surface area contributed by atoms with Gasteiger partial charge in [-0.15, -0.1) is 0 Å². The maximum Gasteiger partial charge on any atom is 0.308 e. The minimum Gasteiger partial charge on any atom is -0.497 e. The fourth-order valence-corrected chi connectivity index (χ4v) is 3.83. The Morgan fingerprint density at radius 2 is 1.53 bits per heavy atom. The molecule has 7 heteroatoms. The van der Waals surface area contributed by atoms with Crippen LogP contribution in [0.4, 0.5) is 0 Å². The lowest BCUT2D eigenvalue weighted by atomic mass is 10.1. The van der Waals surface area contributed by atoms with Gasteiger partial charge in [0, 0.05) is 19.6 Å². The molecular formula is C29H42N2O5. The third kappa shape index (κ3) is 13.3. The molecule has 2 rings (SSSR count). The number of esters is 1. The number of hydrogen-bond donors (Lipinski definition) is 1. The summed E-state index contributed by atoms with van der Waals surface area (Å²) in [5, 5.41) is 3.01. The average molecular weight is 499 g/mol. The minimum absolute atomic E-state index is 0.0134. The lowest BCUT2D eigenvalue weighted by Crippen LogP contribution is -2.43. The smallest absolute Gasteiger partial charge is 0.308 e. The van der Waals surface area contributed by atoms with Crippen LogP contribution in [0.1, 0.15) is 56.1 Å². The van der Waals surface area contributed by atoms with Crippen molar-refractivity contribution in [2.45, 2.75) is 64.2 Å². The molecular weight excluding hydrogens is 456 g/mol. The fourth-order valence-electron chi connectivity index (χ4n) is 3.83. The standard InChI is InChI=1S/C29H42N2O5/c1-31(2)21-26(20-29(33)36-23-24-12-8-7-9-13-24)30-28(32)14-10-5-4-6-11-19-35-22-25-15-17-27(34-3)18-16-25/h7-9,12-13,15-18,26H,4-6,10-11,14,19-23H2,1-3H3,(H,30,32). The summed E-state index contributed by atoms with van der Waals surface area (Å²) in [6.07, 6.45) is 5.64. The number of methoxy groups -OCH3 is 1. The van der Waals surface area contributed by atoms with Crippen molar-refractivity contribution in [3.63, 3.8) is 0 Å². The first-order valence-corrected chi connectivity index (χ1v) is 12.8. The highest BCUT2D eigenvalue weighted by Crippen LogP contribution is 2.12. The van der Waals surface area contributed by atoms with E-state index >= 15 is 0 Å². The van der Waals surface area contributed by atoms with E-state index in [-0.39, 0.29) is 30.9 Å². The molecule has 198 valence electrons. The van der Waals surface area contributed by atoms with Gasteiger partial charge in [0.1, 0.15) is 12.4 Å². The molecule has 0 bridgehead atoms. The summed E-state index contributed by atoms with van der Waals surface area (Å²) in [5.41, 5.74) is 2.08. The van der Waals surface area contributed by atoms with Crippen LogP contribution in [-0.2, 0) is 32.3 Å². The number of benzene rings is 2. The molecule has 36 heavy (non-hydrogen) atoms. The van der Waals surface area contributed by atoms with E-state index in [9.17, 15) is 9.59 Å². The molecule has 2 aromatic rings. The molecule has 0 radical (unpaired) electrons. The van der Waals surface area contributed by atoms with Gasteiger partial charge in [0.25, 0.3) is 0 Å². The Morgan fingerprint density at radius 3 is 2.22 bits per heavy atom. The maximum atomic E-state index is 12.4. The normalized spacial score (nSPS) is 11.8. The maximum absolute atomic E-state index is 12.4. The van der Waals surface area contributed by atoms with E-state index < -0.39 is 0 Å². The van der Waals surface area contributed by atoms with Gasteiger partial charge >= 0.3 is 5.97 Å². The largest absolute Gasteiger partial charge is 0.497 e. The molecule has 0 saturated carbocycles. The topological polar surface area (TPSA) is 77.1 Å². The second kappa shape index (κ2) is 17.5. The van der Waals surface area contributed by atoms with Gasteiger partial charge in [0.05, 0.1) is 26.2 Å². The van der Waals surface area contributed by atoms with Crippen molar-refractivity contribution >= 4 is 11.9 Å². The van der Waals surface area contributed by atoms with E-state index in [1.165, 1.54) is 0 Å². The van der Waals surface area contributed by atoms with Gasteiger partial charge in [-0.3, -0.25) is 9.59 Å². The number of rotatable bonds is 18. The Labute approximate surface area is 216 Å². The number of nitrogens with one attached hydrogen (secondary N) is 1. The van der Waals surface area contributed by atoms with Crippen molar-refractivity contribution in [1.82, 2.24) is 10.2 Å². The Hall–Kier alpha value is -2.90. The predicted molar refractivity (Wildman–Crippen MR) is 142 cm³/mol. The highest BCUT2D eigenvalue weighted by Gasteiger charge is 2.18. The molecule has 1 N–H and O–H groups in total. The Balaban J connectivity index is 1.54. The number of ether oxygens (including phenoxy) is 3. The van der Waals surface area contributed by atoms with Gasteiger partial charge in [0.2, 0.25) is 5.91 Å². The van der Waals surface area contributed by atoms with Crippen LogP contribution in [0.3, 0.4) is 0 Å². The summed E-state index contributed by atoms with van der Waals surface area (Å²) >= 11 is 0. The summed E-state index contributed by atoms with van der Waals surface area (Å²) in [6.45, 7) is 2.18. The molecule has 0 heterocycles. The van der Waals surface area contributed by atoms with Crippen LogP contribution in [-0.4, -0.2) is 57.2 Å². The molecule has 0 aliphatic heterocycles. The molecule has 0 saturated heterocycles. The van der Waals surface area contributed by atoms with Crippen LogP contribution in [0.25, 0.3) is 0 Å². The summed E-state index contributed by atoms with van der Waals surface area (Å²) in [5.74, 6) is 0.530. The van der Waals surface area contributed by atoms with Crippen LogP contribution in [0.15, 0.2) is 54.6 Å². The van der Waals surface area contributed by atoms with Crippen LogP contribution in [0, 0.1) is 0 Å². The number of hydrogen-bond acceptors (Lipinski definition) is 6. The van der Waals surface area contributed by atoms with Gasteiger partial charge < -0.3 is 24.4 Å². The van der Waals surface area contributed by atoms with E-state index in [1.54, 1.807) is 7.11 Å². The monoisotopic (exact) mass is 498 g/mol. The highest BCUT2D eigenvalue weighted by atomic mass is 16.5. The van der Waals surface area contributed by atoms with Crippen molar-refractivity contribution in [2.24, 2.45) is 0 Å². The van der Waals surface area contributed by atoms with E-state index in [2.05, 4.69) is 5.32 Å². The SMILES string of the molecule is COc1ccc(COCCCCCCCC(=O)NC(CC(=O)OCc2ccccc2)CN(C)C)cc1. The molecule has 2 aromatic carbocycles. The molecule has 0 spiro atoms. The van der Waals surface area contributed by atoms with Crippen molar-refractivity contribution in [3.05, 3.63) is 65.7 Å². The number of likely N-dealkylation sites (N-methyl/N-ethyl adjacent to an activating group) is 1. The van der Waals surface area contributed by atoms with E-state index in [1.807, 2.05) is 73.6 Å². The van der Waals surface area contributed by atoms with Crippen molar-refractivity contribution in [1.29, 1.82) is 0 Å². The molecule has 0 fully saturated rings. The molecule has 0 aromatic heterocycles. The van der Waals surface area contributed by atoms with Crippen molar-refractivity contribution in [3.8, 4) is 5.75 Å². The summed E-state index contributed by atoms with van der Waals surface area (Å²) in [7, 11) is 5.51. The first kappa shape index (κ1) is 29.3. The quantitative estimate of drug-likeness (QED) is 0.236. The second-order valence-corrected chi connectivity index (χ2v) is 9.30. The zero-order valence-electron chi connectivity index (χ0n) is 22.0. The van der Waals surface area contributed by atoms with E-state index in [0.717, 1.165) is 55.6 Å². The number of unbranched alkanes of at least 4 members (excludes halogenated alkanes) is 4. The van der Waals surface area contributed by atoms with E-state index in [0.29, 0.717) is 19.6 Å². The van der Waals surface area contributed by atoms with Gasteiger partial charge in [-0.1, -0.05) is 61.7 Å². The first-order chi connectivity index (χ1) is 17.5. The van der Waals surface area contributed by atoms with Gasteiger partial charge in [-0.2, -0.15) is 0 Å². The average Bonchev–Trinajstić information content (AvgIpc) is 2.87. The lowest BCUT2D eigenvalue weighted by molar-refractivity contribution is -0.145. The number of carbonyl (C=O) groups excluding carboxylic acids is 2. The third-order valence-electron chi connectivity index (χ3n) is 5.73. The molecule has 7 nitrogen and oxygen atoms in total. The van der Waals surface area contributed by atoms with E-state index in [4.69, 9.17) is 14.2 Å². The molecule has 1 unspecified atom stereocenters. The van der Waals surface area contributed by atoms with Gasteiger partial charge in [-0.25, -0.2) is 0 Å². The Bertz CT molecular complexity index is 871. The van der Waals surface area contributed by atoms with Crippen molar-refractivity contribution in [2.75, 3.05) is 34.4 Å². The second-order valence-electron chi connectivity index (χ2n) is 9.30. The summed E-state index contributed by atoms with van der Waals surface area (Å²) in [6, 6.07) is 17.2. The van der Waals surface area contributed by atoms with Crippen LogP contribution < -0.4 is 10.1 Å². The van der Waals surface area contributed by atoms with Crippen LogP contribution in [0.2, 0.25) is 0 Å². The summed E-state index contributed by atoms with van der Waals surface area (Å²) in [4.78, 5) is 26.7. The first-order valence-electron chi connectivity index (χ1n) is 12.8. The fraction of sp³-hybridized carbons (Fsp3) is 0.517. The van der Waals surface area contributed by atoms with Crippen LogP contribution >= 0.6 is 0 Å². The lowest BCUT2D eigenvalue weighted by Gasteiger charge is -2.22. The molecule has 1 atom stereocenters. The minimum atomic E-state index is -0.305. The van der Waals surface area contributed by atoms with Gasteiger partial charge in [0.15, 0.2) is 0 Å². The van der Waals surface area contributed by atoms with Gasteiger partial charge in [-0.05, 0) is 50.2 Å². The molecule has 1 amide bonds. The molecule has 0 aliphatic rings. The highest BCUT2D eigenvalue weighted by molar-refractivity contribution is 5.77. The Morgan fingerprint density at radius 1 is 0.861 bits per heavy atom. The predicted octanol–water partition coefficient (Wildman–Crippen LogP) is 4.73. The van der Waals surface area contributed by atoms with Crippen LogP contribution in [0.5, 0.6) is 5.75 Å². The zero-order valence-corrected chi connectivity index (χ0v) is 22.0. The third-order valence-corrected chi connectivity index (χ3v) is 5.73. The zero-order chi connectivity index (χ0) is 26.0. The Kier molecular flexibility index (Phi) is 14.3.